The van der Waals surface area contributed by atoms with E-state index in [1.165, 1.54) is 16.0 Å². The van der Waals surface area contributed by atoms with Crippen LogP contribution in [0.15, 0.2) is 32.9 Å². The summed E-state index contributed by atoms with van der Waals surface area (Å²) in [6, 6.07) is 6.58. The standard InChI is InChI=1S/C14H19N3S2/c1-10-7-11(8-15-14(2,3)4)5-6-12(10)19-13-17-16-9-18-13/h5-7,9,15H,8H2,1-4H3. The molecule has 3 nitrogen and oxygen atoms in total. The van der Waals surface area contributed by atoms with E-state index in [1.807, 2.05) is 0 Å². The van der Waals surface area contributed by atoms with Gasteiger partial charge in [0.25, 0.3) is 0 Å². The molecule has 1 N–H and O–H groups in total. The molecule has 0 amide bonds. The van der Waals surface area contributed by atoms with E-state index in [2.05, 4.69) is 61.4 Å². The van der Waals surface area contributed by atoms with Crippen molar-refractivity contribution in [2.24, 2.45) is 0 Å². The summed E-state index contributed by atoms with van der Waals surface area (Å²) in [6.45, 7) is 9.58. The third-order valence-corrected chi connectivity index (χ3v) is 4.56. The average molecular weight is 293 g/mol. The molecule has 0 unspecified atom stereocenters. The minimum absolute atomic E-state index is 0.147. The van der Waals surface area contributed by atoms with Gasteiger partial charge in [0.1, 0.15) is 5.51 Å². The van der Waals surface area contributed by atoms with Gasteiger partial charge in [-0.3, -0.25) is 0 Å². The molecule has 0 aliphatic rings. The Morgan fingerprint density at radius 2 is 2.11 bits per heavy atom. The maximum absolute atomic E-state index is 4.06. The SMILES string of the molecule is Cc1cc(CNC(C)(C)C)ccc1Sc1nncs1. The summed E-state index contributed by atoms with van der Waals surface area (Å²) in [7, 11) is 0. The van der Waals surface area contributed by atoms with Crippen LogP contribution in [0.3, 0.4) is 0 Å². The van der Waals surface area contributed by atoms with Crippen molar-refractivity contribution in [1.82, 2.24) is 15.5 Å². The number of aromatic nitrogens is 2. The molecule has 102 valence electrons. The van der Waals surface area contributed by atoms with Crippen LogP contribution in [0.4, 0.5) is 0 Å². The maximum atomic E-state index is 4.06. The van der Waals surface area contributed by atoms with E-state index >= 15 is 0 Å². The van der Waals surface area contributed by atoms with Gasteiger partial charge in [-0.25, -0.2) is 0 Å². The molecule has 1 aromatic heterocycles. The normalized spacial score (nSPS) is 11.8. The van der Waals surface area contributed by atoms with E-state index in [9.17, 15) is 0 Å². The lowest BCUT2D eigenvalue weighted by Crippen LogP contribution is -2.35. The second-order valence-electron chi connectivity index (χ2n) is 5.51. The molecular formula is C14H19N3S2. The molecule has 19 heavy (non-hydrogen) atoms. The van der Waals surface area contributed by atoms with Crippen LogP contribution in [0.1, 0.15) is 31.9 Å². The summed E-state index contributed by atoms with van der Waals surface area (Å²) in [5.74, 6) is 0. The second kappa shape index (κ2) is 6.03. The summed E-state index contributed by atoms with van der Waals surface area (Å²) in [5, 5.41) is 11.4. The lowest BCUT2D eigenvalue weighted by molar-refractivity contribution is 0.424. The average Bonchev–Trinajstić information content (AvgIpc) is 2.81. The van der Waals surface area contributed by atoms with Crippen LogP contribution in [0.2, 0.25) is 0 Å². The van der Waals surface area contributed by atoms with E-state index in [4.69, 9.17) is 0 Å². The quantitative estimate of drug-likeness (QED) is 0.928. The molecule has 5 heteroatoms. The first kappa shape index (κ1) is 14.5. The molecule has 0 fully saturated rings. The molecule has 2 rings (SSSR count). The van der Waals surface area contributed by atoms with E-state index in [-0.39, 0.29) is 5.54 Å². The molecule has 1 aromatic carbocycles. The Morgan fingerprint density at radius 3 is 2.68 bits per heavy atom. The summed E-state index contributed by atoms with van der Waals surface area (Å²) < 4.78 is 0.990. The van der Waals surface area contributed by atoms with Crippen molar-refractivity contribution in [3.8, 4) is 0 Å². The first-order chi connectivity index (χ1) is 8.94. The molecule has 0 aliphatic heterocycles. The van der Waals surface area contributed by atoms with E-state index in [0.29, 0.717) is 0 Å². The van der Waals surface area contributed by atoms with Crippen molar-refractivity contribution < 1.29 is 0 Å². The van der Waals surface area contributed by atoms with Crippen LogP contribution in [0.25, 0.3) is 0 Å². The van der Waals surface area contributed by atoms with Gasteiger partial charge in [0, 0.05) is 17.0 Å². The highest BCUT2D eigenvalue weighted by Crippen LogP contribution is 2.31. The lowest BCUT2D eigenvalue weighted by atomic mass is 10.1. The van der Waals surface area contributed by atoms with E-state index in [1.54, 1.807) is 28.6 Å². The largest absolute Gasteiger partial charge is 0.308 e. The molecule has 0 radical (unpaired) electrons. The molecule has 0 spiro atoms. The zero-order valence-corrected chi connectivity index (χ0v) is 13.4. The van der Waals surface area contributed by atoms with Gasteiger partial charge in [0.05, 0.1) is 0 Å². The van der Waals surface area contributed by atoms with Crippen molar-refractivity contribution in [2.75, 3.05) is 0 Å². The van der Waals surface area contributed by atoms with Gasteiger partial charge in [-0.05, 0) is 44.9 Å². The highest BCUT2D eigenvalue weighted by Gasteiger charge is 2.09. The van der Waals surface area contributed by atoms with E-state index < -0.39 is 0 Å². The first-order valence-corrected chi connectivity index (χ1v) is 7.92. The smallest absolute Gasteiger partial charge is 0.178 e. The van der Waals surface area contributed by atoms with Gasteiger partial charge in [0.2, 0.25) is 0 Å². The number of nitrogens with zero attached hydrogens (tertiary/aromatic N) is 2. The van der Waals surface area contributed by atoms with Gasteiger partial charge in [-0.2, -0.15) is 0 Å². The van der Waals surface area contributed by atoms with Crippen LogP contribution >= 0.6 is 23.1 Å². The molecule has 0 atom stereocenters. The number of hydrogen-bond acceptors (Lipinski definition) is 5. The van der Waals surface area contributed by atoms with Crippen LogP contribution < -0.4 is 5.32 Å². The third kappa shape index (κ3) is 4.60. The Bertz CT molecular complexity index is 530. The molecule has 0 bridgehead atoms. The van der Waals surface area contributed by atoms with E-state index in [0.717, 1.165) is 10.9 Å². The lowest BCUT2D eigenvalue weighted by Gasteiger charge is -2.20. The van der Waals surface area contributed by atoms with Crippen LogP contribution in [0, 0.1) is 6.92 Å². The van der Waals surface area contributed by atoms with Crippen LogP contribution in [-0.4, -0.2) is 15.7 Å². The first-order valence-electron chi connectivity index (χ1n) is 6.23. The number of benzene rings is 1. The van der Waals surface area contributed by atoms with Crippen molar-refractivity contribution in [3.05, 3.63) is 34.8 Å². The maximum Gasteiger partial charge on any atom is 0.178 e. The second-order valence-corrected chi connectivity index (χ2v) is 7.63. The summed E-state index contributed by atoms with van der Waals surface area (Å²) in [5.41, 5.74) is 4.51. The van der Waals surface area contributed by atoms with Crippen molar-refractivity contribution in [1.29, 1.82) is 0 Å². The minimum atomic E-state index is 0.147. The fourth-order valence-electron chi connectivity index (χ4n) is 1.60. The topological polar surface area (TPSA) is 37.8 Å². The van der Waals surface area contributed by atoms with Crippen molar-refractivity contribution in [2.45, 2.75) is 49.0 Å². The van der Waals surface area contributed by atoms with Gasteiger partial charge in [-0.15, -0.1) is 10.2 Å². The Morgan fingerprint density at radius 1 is 1.32 bits per heavy atom. The fraction of sp³-hybridized carbons (Fsp3) is 0.429. The predicted molar refractivity (Wildman–Crippen MR) is 81.8 cm³/mol. The predicted octanol–water partition coefficient (Wildman–Crippen LogP) is 3.89. The van der Waals surface area contributed by atoms with Crippen molar-refractivity contribution in [3.63, 3.8) is 0 Å². The Labute approximate surface area is 122 Å². The monoisotopic (exact) mass is 293 g/mol. The van der Waals surface area contributed by atoms with Crippen LogP contribution in [0.5, 0.6) is 0 Å². The van der Waals surface area contributed by atoms with Crippen LogP contribution in [-0.2, 0) is 6.54 Å². The highest BCUT2D eigenvalue weighted by molar-refractivity contribution is 8.01. The van der Waals surface area contributed by atoms with Gasteiger partial charge >= 0.3 is 0 Å². The van der Waals surface area contributed by atoms with Gasteiger partial charge < -0.3 is 5.32 Å². The van der Waals surface area contributed by atoms with Gasteiger partial charge in [-0.1, -0.05) is 35.2 Å². The number of nitrogens with one attached hydrogen (secondary N) is 1. The summed E-state index contributed by atoms with van der Waals surface area (Å²) in [6.07, 6.45) is 0. The molecule has 0 aliphatic carbocycles. The third-order valence-electron chi connectivity index (χ3n) is 2.60. The summed E-state index contributed by atoms with van der Waals surface area (Å²) >= 11 is 3.25. The highest BCUT2D eigenvalue weighted by atomic mass is 32.2. The Balaban J connectivity index is 2.05. The number of aryl methyl sites for hydroxylation is 1. The zero-order chi connectivity index (χ0) is 13.9. The Hall–Kier alpha value is -0.910. The molecule has 1 heterocycles. The molecule has 0 saturated carbocycles. The molecular weight excluding hydrogens is 274 g/mol. The Kier molecular flexibility index (Phi) is 4.60. The minimum Gasteiger partial charge on any atom is -0.308 e. The zero-order valence-electron chi connectivity index (χ0n) is 11.7. The van der Waals surface area contributed by atoms with Gasteiger partial charge in [0.15, 0.2) is 4.34 Å². The number of rotatable bonds is 4. The van der Waals surface area contributed by atoms with Crippen molar-refractivity contribution >= 4 is 23.1 Å². The fourth-order valence-corrected chi connectivity index (χ4v) is 3.11. The summed E-state index contributed by atoms with van der Waals surface area (Å²) in [4.78, 5) is 1.25. The number of hydrogen-bond donors (Lipinski definition) is 1. The molecule has 0 saturated heterocycles. The molecule has 2 aromatic rings.